The molecular formula is C15H22N2O. The van der Waals surface area contributed by atoms with Crippen LogP contribution in [0.1, 0.15) is 43.5 Å². The summed E-state index contributed by atoms with van der Waals surface area (Å²) in [5.41, 5.74) is 7.48. The molecule has 1 fully saturated rings. The van der Waals surface area contributed by atoms with Crippen molar-refractivity contribution in [2.75, 3.05) is 18.8 Å². The third-order valence-electron chi connectivity index (χ3n) is 4.24. The molecule has 1 aromatic rings. The van der Waals surface area contributed by atoms with Gasteiger partial charge >= 0.3 is 0 Å². The molecule has 98 valence electrons. The second-order valence-corrected chi connectivity index (χ2v) is 5.58. The Morgan fingerprint density at radius 2 is 2.06 bits per heavy atom. The molecule has 1 aliphatic heterocycles. The standard InChI is InChI=1S/C15H22N2O/c1-3-15(2)7-9-17(10-8-15)14(18)12-5-4-6-13(16)11-12/h4-6,11H,3,7-10,16H2,1-2H3. The molecule has 0 saturated carbocycles. The predicted molar refractivity (Wildman–Crippen MR) is 74.4 cm³/mol. The lowest BCUT2D eigenvalue weighted by molar-refractivity contribution is 0.0600. The average molecular weight is 246 g/mol. The molecular weight excluding hydrogens is 224 g/mol. The van der Waals surface area contributed by atoms with Crippen molar-refractivity contribution in [3.8, 4) is 0 Å². The molecule has 2 N–H and O–H groups in total. The first-order valence-corrected chi connectivity index (χ1v) is 6.69. The number of carbonyl (C=O) groups is 1. The van der Waals surface area contributed by atoms with E-state index in [4.69, 9.17) is 5.73 Å². The Morgan fingerprint density at radius 1 is 1.39 bits per heavy atom. The van der Waals surface area contributed by atoms with Crippen molar-refractivity contribution >= 4 is 11.6 Å². The third kappa shape index (κ3) is 2.66. The van der Waals surface area contributed by atoms with Gasteiger partial charge in [-0.15, -0.1) is 0 Å². The number of benzene rings is 1. The fraction of sp³-hybridized carbons (Fsp3) is 0.533. The zero-order valence-corrected chi connectivity index (χ0v) is 11.3. The van der Waals surface area contributed by atoms with Gasteiger partial charge in [-0.05, 0) is 36.5 Å². The Hall–Kier alpha value is -1.51. The van der Waals surface area contributed by atoms with Gasteiger partial charge in [-0.1, -0.05) is 26.3 Å². The Bertz CT molecular complexity index is 434. The minimum Gasteiger partial charge on any atom is -0.399 e. The van der Waals surface area contributed by atoms with Gasteiger partial charge in [0.25, 0.3) is 5.91 Å². The number of hydrogen-bond donors (Lipinski definition) is 1. The Balaban J connectivity index is 2.04. The van der Waals surface area contributed by atoms with Crippen LogP contribution in [0, 0.1) is 5.41 Å². The first-order valence-electron chi connectivity index (χ1n) is 6.69. The van der Waals surface area contributed by atoms with E-state index in [1.807, 2.05) is 17.0 Å². The van der Waals surface area contributed by atoms with Gasteiger partial charge < -0.3 is 10.6 Å². The van der Waals surface area contributed by atoms with Crippen LogP contribution in [-0.4, -0.2) is 23.9 Å². The van der Waals surface area contributed by atoms with E-state index in [1.54, 1.807) is 12.1 Å². The molecule has 1 aliphatic rings. The largest absolute Gasteiger partial charge is 0.399 e. The minimum atomic E-state index is 0.112. The van der Waals surface area contributed by atoms with E-state index in [0.717, 1.165) is 25.9 Å². The van der Waals surface area contributed by atoms with Crippen LogP contribution in [0.15, 0.2) is 24.3 Å². The molecule has 0 aromatic heterocycles. The summed E-state index contributed by atoms with van der Waals surface area (Å²) in [6.45, 7) is 6.26. The molecule has 0 unspecified atom stereocenters. The highest BCUT2D eigenvalue weighted by Crippen LogP contribution is 2.34. The molecule has 0 radical (unpaired) electrons. The fourth-order valence-electron chi connectivity index (χ4n) is 2.46. The minimum absolute atomic E-state index is 0.112. The van der Waals surface area contributed by atoms with Gasteiger partial charge in [-0.3, -0.25) is 4.79 Å². The smallest absolute Gasteiger partial charge is 0.253 e. The first kappa shape index (κ1) is 12.9. The average Bonchev–Trinajstić information content (AvgIpc) is 2.39. The van der Waals surface area contributed by atoms with Crippen molar-refractivity contribution in [1.82, 2.24) is 4.90 Å². The van der Waals surface area contributed by atoms with Gasteiger partial charge in [-0.2, -0.15) is 0 Å². The number of nitrogens with two attached hydrogens (primary N) is 1. The second kappa shape index (κ2) is 5.01. The number of nitrogens with zero attached hydrogens (tertiary/aromatic N) is 1. The molecule has 2 rings (SSSR count). The molecule has 3 heteroatoms. The highest BCUT2D eigenvalue weighted by atomic mass is 16.2. The molecule has 0 spiro atoms. The van der Waals surface area contributed by atoms with Crippen molar-refractivity contribution < 1.29 is 4.79 Å². The van der Waals surface area contributed by atoms with Crippen LogP contribution < -0.4 is 5.73 Å². The van der Waals surface area contributed by atoms with Gasteiger partial charge in [0, 0.05) is 24.3 Å². The summed E-state index contributed by atoms with van der Waals surface area (Å²) in [6.07, 6.45) is 3.38. The zero-order chi connectivity index (χ0) is 13.2. The summed E-state index contributed by atoms with van der Waals surface area (Å²) >= 11 is 0. The highest BCUT2D eigenvalue weighted by molar-refractivity contribution is 5.95. The van der Waals surface area contributed by atoms with Crippen LogP contribution in [-0.2, 0) is 0 Å². The van der Waals surface area contributed by atoms with Gasteiger partial charge in [-0.25, -0.2) is 0 Å². The Labute approximate surface area is 109 Å². The molecule has 1 saturated heterocycles. The van der Waals surface area contributed by atoms with Gasteiger partial charge in [0.15, 0.2) is 0 Å². The van der Waals surface area contributed by atoms with Crippen LogP contribution in [0.2, 0.25) is 0 Å². The van der Waals surface area contributed by atoms with Crippen LogP contribution >= 0.6 is 0 Å². The van der Waals surface area contributed by atoms with Crippen LogP contribution in [0.25, 0.3) is 0 Å². The number of likely N-dealkylation sites (tertiary alicyclic amines) is 1. The lowest BCUT2D eigenvalue weighted by atomic mass is 9.78. The summed E-state index contributed by atoms with van der Waals surface area (Å²) in [7, 11) is 0. The van der Waals surface area contributed by atoms with Gasteiger partial charge in [0.1, 0.15) is 0 Å². The number of piperidine rings is 1. The van der Waals surface area contributed by atoms with Crippen molar-refractivity contribution in [3.63, 3.8) is 0 Å². The van der Waals surface area contributed by atoms with E-state index in [2.05, 4.69) is 13.8 Å². The molecule has 0 aliphatic carbocycles. The fourth-order valence-corrected chi connectivity index (χ4v) is 2.46. The van der Waals surface area contributed by atoms with Crippen LogP contribution in [0.5, 0.6) is 0 Å². The molecule has 1 aromatic carbocycles. The monoisotopic (exact) mass is 246 g/mol. The van der Waals surface area contributed by atoms with Crippen molar-refractivity contribution in [3.05, 3.63) is 29.8 Å². The maximum absolute atomic E-state index is 12.3. The third-order valence-corrected chi connectivity index (χ3v) is 4.24. The molecule has 1 amide bonds. The zero-order valence-electron chi connectivity index (χ0n) is 11.3. The number of carbonyl (C=O) groups excluding carboxylic acids is 1. The lowest BCUT2D eigenvalue weighted by Gasteiger charge is -2.39. The topological polar surface area (TPSA) is 46.3 Å². The first-order chi connectivity index (χ1) is 8.54. The molecule has 1 heterocycles. The van der Waals surface area contributed by atoms with Crippen molar-refractivity contribution in [2.45, 2.75) is 33.1 Å². The highest BCUT2D eigenvalue weighted by Gasteiger charge is 2.30. The van der Waals surface area contributed by atoms with Gasteiger partial charge in [0.2, 0.25) is 0 Å². The van der Waals surface area contributed by atoms with E-state index < -0.39 is 0 Å². The summed E-state index contributed by atoms with van der Waals surface area (Å²) in [6, 6.07) is 7.24. The second-order valence-electron chi connectivity index (χ2n) is 5.58. The van der Waals surface area contributed by atoms with Crippen LogP contribution in [0.4, 0.5) is 5.69 Å². The summed E-state index contributed by atoms with van der Waals surface area (Å²) in [4.78, 5) is 14.3. The molecule has 0 atom stereocenters. The van der Waals surface area contributed by atoms with Crippen LogP contribution in [0.3, 0.4) is 0 Å². The molecule has 0 bridgehead atoms. The summed E-state index contributed by atoms with van der Waals surface area (Å²) in [5, 5.41) is 0. The number of hydrogen-bond acceptors (Lipinski definition) is 2. The van der Waals surface area contributed by atoms with E-state index in [0.29, 0.717) is 16.7 Å². The molecule has 18 heavy (non-hydrogen) atoms. The SMILES string of the molecule is CCC1(C)CCN(C(=O)c2cccc(N)c2)CC1. The Morgan fingerprint density at radius 3 is 2.61 bits per heavy atom. The lowest BCUT2D eigenvalue weighted by Crippen LogP contribution is -2.41. The van der Waals surface area contributed by atoms with E-state index in [-0.39, 0.29) is 5.91 Å². The Kier molecular flexibility index (Phi) is 3.60. The molecule has 3 nitrogen and oxygen atoms in total. The van der Waals surface area contributed by atoms with Gasteiger partial charge in [0.05, 0.1) is 0 Å². The maximum atomic E-state index is 12.3. The van der Waals surface area contributed by atoms with E-state index >= 15 is 0 Å². The summed E-state index contributed by atoms with van der Waals surface area (Å²) in [5.74, 6) is 0.112. The maximum Gasteiger partial charge on any atom is 0.253 e. The number of rotatable bonds is 2. The normalized spacial score (nSPS) is 18.7. The number of nitrogen functional groups attached to an aromatic ring is 1. The number of amides is 1. The van der Waals surface area contributed by atoms with E-state index in [9.17, 15) is 4.79 Å². The van der Waals surface area contributed by atoms with Crippen molar-refractivity contribution in [1.29, 1.82) is 0 Å². The summed E-state index contributed by atoms with van der Waals surface area (Å²) < 4.78 is 0. The quantitative estimate of drug-likeness (QED) is 0.815. The predicted octanol–water partition coefficient (Wildman–Crippen LogP) is 2.92. The number of anilines is 1. The van der Waals surface area contributed by atoms with E-state index in [1.165, 1.54) is 6.42 Å². The van der Waals surface area contributed by atoms with Crippen molar-refractivity contribution in [2.24, 2.45) is 5.41 Å².